The Morgan fingerprint density at radius 3 is 2.33 bits per heavy atom. The maximum atomic E-state index is 11.4. The molecule has 0 aliphatic rings. The van der Waals surface area contributed by atoms with Crippen LogP contribution in [0.1, 0.15) is 16.2 Å². The van der Waals surface area contributed by atoms with Gasteiger partial charge in [0.05, 0.1) is 19.9 Å². The molecule has 3 aromatic rings. The number of phenols is 1. The summed E-state index contributed by atoms with van der Waals surface area (Å²) in [6, 6.07) is 13.0. The van der Waals surface area contributed by atoms with Crippen molar-refractivity contribution in [2.24, 2.45) is 5.73 Å². The predicted molar refractivity (Wildman–Crippen MR) is 122 cm³/mol. The van der Waals surface area contributed by atoms with Crippen LogP contribution < -0.4 is 20.5 Å². The van der Waals surface area contributed by atoms with Crippen molar-refractivity contribution in [3.8, 4) is 28.5 Å². The lowest BCUT2D eigenvalue weighted by atomic mass is 10.1. The number of ether oxygens (including phenoxy) is 2. The van der Waals surface area contributed by atoms with Crippen LogP contribution in [0.3, 0.4) is 0 Å². The Morgan fingerprint density at radius 2 is 1.76 bits per heavy atom. The monoisotopic (exact) mass is 452 g/mol. The van der Waals surface area contributed by atoms with Crippen molar-refractivity contribution in [3.05, 3.63) is 71.8 Å². The Hall–Kier alpha value is -4.60. The van der Waals surface area contributed by atoms with Crippen LogP contribution in [0, 0.1) is 0 Å². The molecule has 3 rings (SSSR count). The number of nitrogens with two attached hydrogens (primary N) is 1. The van der Waals surface area contributed by atoms with Gasteiger partial charge in [0.25, 0.3) is 5.91 Å². The Balaban J connectivity index is 0.000000321. The number of carbonyl (C=O) groups is 2. The fraction of sp³-hybridized carbons (Fsp3) is 0.130. The van der Waals surface area contributed by atoms with Crippen LogP contribution in [0.25, 0.3) is 17.3 Å². The zero-order valence-electron chi connectivity index (χ0n) is 18.3. The SMILES string of the molecule is CNC(=O)/C(N)=C/c1nccc(-c2ccc(OC)c(OC)c2)n1.O=C(O)c1ccccc1O. The minimum atomic E-state index is -1.11. The number of hydrogen-bond acceptors (Lipinski definition) is 8. The molecule has 0 aliphatic carbocycles. The molecule has 5 N–H and O–H groups in total. The smallest absolute Gasteiger partial charge is 0.339 e. The van der Waals surface area contributed by atoms with Crippen LogP contribution in [0.4, 0.5) is 0 Å². The molecule has 33 heavy (non-hydrogen) atoms. The molecule has 1 amide bonds. The summed E-state index contributed by atoms with van der Waals surface area (Å²) in [4.78, 5) is 30.2. The van der Waals surface area contributed by atoms with Gasteiger partial charge in [-0.2, -0.15) is 0 Å². The molecule has 0 saturated carbocycles. The molecule has 10 nitrogen and oxygen atoms in total. The third-order valence-electron chi connectivity index (χ3n) is 4.26. The number of carboxylic acids is 1. The number of likely N-dealkylation sites (N-methyl/N-ethyl adjacent to an activating group) is 1. The van der Waals surface area contributed by atoms with Crippen molar-refractivity contribution >= 4 is 18.0 Å². The molecule has 1 aromatic heterocycles. The first-order valence-corrected chi connectivity index (χ1v) is 9.56. The van der Waals surface area contributed by atoms with Gasteiger partial charge in [0.1, 0.15) is 17.0 Å². The van der Waals surface area contributed by atoms with Gasteiger partial charge in [-0.05, 0) is 36.4 Å². The zero-order chi connectivity index (χ0) is 24.4. The first kappa shape index (κ1) is 24.7. The van der Waals surface area contributed by atoms with Crippen LogP contribution in [-0.4, -0.2) is 53.3 Å². The maximum absolute atomic E-state index is 11.4. The van der Waals surface area contributed by atoms with Crippen LogP contribution in [0.2, 0.25) is 0 Å². The van der Waals surface area contributed by atoms with Crippen molar-refractivity contribution in [2.75, 3.05) is 21.3 Å². The second kappa shape index (κ2) is 11.7. The van der Waals surface area contributed by atoms with Gasteiger partial charge in [0.15, 0.2) is 17.3 Å². The minimum Gasteiger partial charge on any atom is -0.507 e. The van der Waals surface area contributed by atoms with Gasteiger partial charge in [0, 0.05) is 24.9 Å². The second-order valence-corrected chi connectivity index (χ2v) is 6.37. The third-order valence-corrected chi connectivity index (χ3v) is 4.26. The Labute approximate surface area is 190 Å². The number of benzene rings is 2. The summed E-state index contributed by atoms with van der Waals surface area (Å²) in [6.07, 6.45) is 3.02. The number of carboxylic acid groups (broad SMARTS) is 1. The van der Waals surface area contributed by atoms with Crippen LogP contribution in [0.15, 0.2) is 60.4 Å². The van der Waals surface area contributed by atoms with Crippen molar-refractivity contribution in [1.82, 2.24) is 15.3 Å². The summed E-state index contributed by atoms with van der Waals surface area (Å²) in [5, 5.41) is 19.7. The molecule has 1 heterocycles. The van der Waals surface area contributed by atoms with Gasteiger partial charge >= 0.3 is 5.97 Å². The molecular formula is C23H24N4O6. The number of aromatic carboxylic acids is 1. The van der Waals surface area contributed by atoms with E-state index in [9.17, 15) is 9.59 Å². The molecule has 0 aliphatic heterocycles. The predicted octanol–water partition coefficient (Wildman–Crippen LogP) is 2.30. The molecule has 2 aromatic carbocycles. The first-order chi connectivity index (χ1) is 15.8. The average Bonchev–Trinajstić information content (AvgIpc) is 2.83. The van der Waals surface area contributed by atoms with Gasteiger partial charge in [-0.15, -0.1) is 0 Å². The van der Waals surface area contributed by atoms with E-state index in [0.29, 0.717) is 23.0 Å². The summed E-state index contributed by atoms with van der Waals surface area (Å²) in [6.45, 7) is 0. The third kappa shape index (κ3) is 6.69. The van der Waals surface area contributed by atoms with E-state index in [1.165, 1.54) is 25.3 Å². The molecule has 0 atom stereocenters. The first-order valence-electron chi connectivity index (χ1n) is 9.56. The standard InChI is InChI=1S/C16H18N4O3.C7H6O3/c1-18-16(21)11(17)9-15-19-7-6-12(20-15)10-4-5-13(22-2)14(8-10)23-3;8-6-4-2-1-3-5(6)7(9)10/h4-9H,17H2,1-3H3,(H,18,21);1-4,8H,(H,9,10)/b11-9-;. The summed E-state index contributed by atoms with van der Waals surface area (Å²) in [5.41, 5.74) is 7.15. The summed E-state index contributed by atoms with van der Waals surface area (Å²) in [7, 11) is 4.65. The van der Waals surface area contributed by atoms with Crippen molar-refractivity contribution in [1.29, 1.82) is 0 Å². The van der Waals surface area contributed by atoms with Crippen molar-refractivity contribution in [2.45, 2.75) is 0 Å². The fourth-order valence-electron chi connectivity index (χ4n) is 2.60. The van der Waals surface area contributed by atoms with Gasteiger partial charge in [-0.1, -0.05) is 12.1 Å². The number of nitrogens with one attached hydrogen (secondary N) is 1. The molecular weight excluding hydrogens is 428 g/mol. The molecule has 0 fully saturated rings. The van der Waals surface area contributed by atoms with Crippen molar-refractivity contribution < 1.29 is 29.3 Å². The highest BCUT2D eigenvalue weighted by Crippen LogP contribution is 2.31. The topological polar surface area (TPSA) is 157 Å². The van der Waals surface area contributed by atoms with E-state index in [1.807, 2.05) is 12.1 Å². The molecule has 172 valence electrons. The quantitative estimate of drug-likeness (QED) is 0.412. The molecule has 0 unspecified atom stereocenters. The Bertz CT molecular complexity index is 1160. The fourth-order valence-corrected chi connectivity index (χ4v) is 2.60. The number of para-hydroxylation sites is 1. The maximum Gasteiger partial charge on any atom is 0.339 e. The Kier molecular flexibility index (Phi) is 8.75. The molecule has 10 heteroatoms. The highest BCUT2D eigenvalue weighted by Gasteiger charge is 2.09. The second-order valence-electron chi connectivity index (χ2n) is 6.37. The number of methoxy groups -OCH3 is 2. The Morgan fingerprint density at radius 1 is 1.06 bits per heavy atom. The number of aromatic nitrogens is 2. The highest BCUT2D eigenvalue weighted by atomic mass is 16.5. The van der Waals surface area contributed by atoms with Gasteiger partial charge in [-0.3, -0.25) is 4.79 Å². The summed E-state index contributed by atoms with van der Waals surface area (Å²) in [5.74, 6) is -0.114. The van der Waals surface area contributed by atoms with E-state index in [2.05, 4.69) is 15.3 Å². The zero-order valence-corrected chi connectivity index (χ0v) is 18.3. The van der Waals surface area contributed by atoms with E-state index >= 15 is 0 Å². The number of rotatable bonds is 6. The highest BCUT2D eigenvalue weighted by molar-refractivity contribution is 5.96. The van der Waals surface area contributed by atoms with Crippen LogP contribution in [-0.2, 0) is 4.79 Å². The number of hydrogen-bond donors (Lipinski definition) is 4. The van der Waals surface area contributed by atoms with E-state index < -0.39 is 5.97 Å². The number of amides is 1. The largest absolute Gasteiger partial charge is 0.507 e. The molecule has 0 radical (unpaired) electrons. The minimum absolute atomic E-state index is 0.0389. The lowest BCUT2D eigenvalue weighted by Gasteiger charge is -2.09. The normalized spacial score (nSPS) is 10.5. The summed E-state index contributed by atoms with van der Waals surface area (Å²) >= 11 is 0. The lowest BCUT2D eigenvalue weighted by Crippen LogP contribution is -2.24. The van der Waals surface area contributed by atoms with Gasteiger partial charge < -0.3 is 30.7 Å². The summed E-state index contributed by atoms with van der Waals surface area (Å²) < 4.78 is 10.5. The van der Waals surface area contributed by atoms with Gasteiger partial charge in [-0.25, -0.2) is 14.8 Å². The average molecular weight is 452 g/mol. The molecule has 0 bridgehead atoms. The number of aromatic hydroxyl groups is 1. The van der Waals surface area contributed by atoms with E-state index in [-0.39, 0.29) is 22.9 Å². The molecule has 0 spiro atoms. The number of nitrogens with zero attached hydrogens (tertiary/aromatic N) is 2. The van der Waals surface area contributed by atoms with E-state index in [1.54, 1.807) is 44.7 Å². The van der Waals surface area contributed by atoms with Crippen LogP contribution in [0.5, 0.6) is 17.2 Å². The van der Waals surface area contributed by atoms with Gasteiger partial charge in [0.2, 0.25) is 0 Å². The van der Waals surface area contributed by atoms with Crippen molar-refractivity contribution in [3.63, 3.8) is 0 Å². The van der Waals surface area contributed by atoms with E-state index in [0.717, 1.165) is 5.56 Å². The lowest BCUT2D eigenvalue weighted by molar-refractivity contribution is -0.117. The number of carbonyl (C=O) groups excluding carboxylic acids is 1. The van der Waals surface area contributed by atoms with E-state index in [4.69, 9.17) is 25.4 Å². The van der Waals surface area contributed by atoms with Crippen LogP contribution >= 0.6 is 0 Å². The molecule has 0 saturated heterocycles.